The van der Waals surface area contributed by atoms with E-state index in [1.165, 1.54) is 22.4 Å². The van der Waals surface area contributed by atoms with Gasteiger partial charge in [0.05, 0.1) is 11.2 Å². The summed E-state index contributed by atoms with van der Waals surface area (Å²) in [6.45, 7) is 3.90. The SMILES string of the molecule is CC(C)c1ncc(C(=O)N(CC(=O)O)Cc2cccc(Br)c2)s1. The molecule has 0 aliphatic rings. The zero-order valence-electron chi connectivity index (χ0n) is 12.8. The molecule has 2 rings (SSSR count). The van der Waals surface area contributed by atoms with E-state index in [9.17, 15) is 9.59 Å². The van der Waals surface area contributed by atoms with Crippen LogP contribution >= 0.6 is 27.3 Å². The second kappa shape index (κ2) is 7.70. The number of halogens is 1. The van der Waals surface area contributed by atoms with Crippen molar-refractivity contribution in [3.8, 4) is 0 Å². The topological polar surface area (TPSA) is 70.5 Å². The van der Waals surface area contributed by atoms with Gasteiger partial charge in [-0.2, -0.15) is 0 Å². The Morgan fingerprint density at radius 2 is 2.13 bits per heavy atom. The first-order valence-corrected chi connectivity index (χ1v) is 8.69. The zero-order chi connectivity index (χ0) is 17.0. The second-order valence-electron chi connectivity index (χ2n) is 5.40. The molecule has 1 aromatic carbocycles. The first kappa shape index (κ1) is 17.6. The molecule has 0 radical (unpaired) electrons. The third-order valence-corrected chi connectivity index (χ3v) is 4.88. The van der Waals surface area contributed by atoms with Crippen molar-refractivity contribution in [2.75, 3.05) is 6.54 Å². The van der Waals surface area contributed by atoms with Gasteiger partial charge in [0.2, 0.25) is 0 Å². The van der Waals surface area contributed by atoms with Crippen LogP contribution in [0.3, 0.4) is 0 Å². The summed E-state index contributed by atoms with van der Waals surface area (Å²) in [5.74, 6) is -1.11. The average molecular weight is 397 g/mol. The normalized spacial score (nSPS) is 10.8. The number of thiazole rings is 1. The van der Waals surface area contributed by atoms with Crippen molar-refractivity contribution >= 4 is 39.1 Å². The smallest absolute Gasteiger partial charge is 0.323 e. The molecule has 1 aromatic heterocycles. The van der Waals surface area contributed by atoms with E-state index in [1.54, 1.807) is 0 Å². The van der Waals surface area contributed by atoms with Crippen molar-refractivity contribution < 1.29 is 14.7 Å². The second-order valence-corrected chi connectivity index (χ2v) is 7.38. The van der Waals surface area contributed by atoms with Gasteiger partial charge in [-0.1, -0.05) is 41.9 Å². The van der Waals surface area contributed by atoms with E-state index in [0.29, 0.717) is 4.88 Å². The lowest BCUT2D eigenvalue weighted by Crippen LogP contribution is -2.34. The van der Waals surface area contributed by atoms with E-state index in [1.807, 2.05) is 38.1 Å². The van der Waals surface area contributed by atoms with Gasteiger partial charge >= 0.3 is 5.97 Å². The van der Waals surface area contributed by atoms with E-state index in [4.69, 9.17) is 5.11 Å². The molecule has 0 fully saturated rings. The van der Waals surface area contributed by atoms with Crippen molar-refractivity contribution in [2.45, 2.75) is 26.3 Å². The summed E-state index contributed by atoms with van der Waals surface area (Å²) >= 11 is 4.69. The fraction of sp³-hybridized carbons (Fsp3) is 0.312. The minimum atomic E-state index is -1.04. The zero-order valence-corrected chi connectivity index (χ0v) is 15.2. The van der Waals surface area contributed by atoms with Gasteiger partial charge in [-0.15, -0.1) is 11.3 Å². The molecule has 0 aliphatic carbocycles. The number of hydrogen-bond acceptors (Lipinski definition) is 4. The Kier molecular flexibility index (Phi) is 5.90. The molecule has 0 saturated heterocycles. The summed E-state index contributed by atoms with van der Waals surface area (Å²) in [6.07, 6.45) is 1.53. The van der Waals surface area contributed by atoms with Crippen molar-refractivity contribution in [1.29, 1.82) is 0 Å². The number of carbonyl (C=O) groups excluding carboxylic acids is 1. The maximum Gasteiger partial charge on any atom is 0.323 e. The number of hydrogen-bond donors (Lipinski definition) is 1. The third kappa shape index (κ3) is 4.87. The van der Waals surface area contributed by atoms with Crippen LogP contribution in [0, 0.1) is 0 Å². The van der Waals surface area contributed by atoms with Crippen molar-refractivity contribution in [3.05, 3.63) is 50.4 Å². The van der Waals surface area contributed by atoms with Crippen molar-refractivity contribution in [3.63, 3.8) is 0 Å². The van der Waals surface area contributed by atoms with Gasteiger partial charge in [-0.25, -0.2) is 4.98 Å². The number of nitrogens with zero attached hydrogens (tertiary/aromatic N) is 2. The summed E-state index contributed by atoms with van der Waals surface area (Å²) < 4.78 is 0.887. The van der Waals surface area contributed by atoms with Gasteiger partial charge in [0.15, 0.2) is 0 Å². The average Bonchev–Trinajstić information content (AvgIpc) is 2.95. The van der Waals surface area contributed by atoms with Gasteiger partial charge in [0.1, 0.15) is 11.4 Å². The summed E-state index contributed by atoms with van der Waals surface area (Å²) in [5.41, 5.74) is 0.863. The molecule has 122 valence electrons. The molecule has 7 heteroatoms. The number of carbonyl (C=O) groups is 2. The Morgan fingerprint density at radius 1 is 1.39 bits per heavy atom. The Morgan fingerprint density at radius 3 is 2.70 bits per heavy atom. The number of carboxylic acids is 1. The molecule has 1 amide bonds. The first-order valence-electron chi connectivity index (χ1n) is 7.08. The Labute approximate surface area is 147 Å². The summed E-state index contributed by atoms with van der Waals surface area (Å²) in [4.78, 5) is 29.7. The van der Waals surface area contributed by atoms with Crippen LogP contribution in [0.4, 0.5) is 0 Å². The molecule has 2 aromatic rings. The number of rotatable bonds is 6. The van der Waals surface area contributed by atoms with Crippen molar-refractivity contribution in [2.24, 2.45) is 0 Å². The number of amides is 1. The standard InChI is InChI=1S/C16H17BrN2O3S/c1-10(2)15-18-7-13(23-15)16(22)19(9-14(20)21)8-11-4-3-5-12(17)6-11/h3-7,10H,8-9H2,1-2H3,(H,20,21). The molecule has 1 heterocycles. The van der Waals surface area contributed by atoms with E-state index >= 15 is 0 Å². The number of benzene rings is 1. The maximum atomic E-state index is 12.6. The number of aromatic nitrogens is 1. The highest BCUT2D eigenvalue weighted by Crippen LogP contribution is 2.23. The van der Waals surface area contributed by atoms with Crippen LogP contribution in [0.5, 0.6) is 0 Å². The molecule has 0 aliphatic heterocycles. The van der Waals surface area contributed by atoms with Crippen LogP contribution in [0.25, 0.3) is 0 Å². The van der Waals surface area contributed by atoms with E-state index in [-0.39, 0.29) is 24.9 Å². The first-order chi connectivity index (χ1) is 10.9. The quantitative estimate of drug-likeness (QED) is 0.806. The Bertz CT molecular complexity index is 715. The third-order valence-electron chi connectivity index (χ3n) is 3.10. The van der Waals surface area contributed by atoms with Crippen LogP contribution in [0.2, 0.25) is 0 Å². The van der Waals surface area contributed by atoms with Gasteiger partial charge in [-0.05, 0) is 17.7 Å². The van der Waals surface area contributed by atoms with Gasteiger partial charge in [0, 0.05) is 16.9 Å². The number of aliphatic carboxylic acids is 1. The van der Waals surface area contributed by atoms with Crippen LogP contribution in [0.1, 0.15) is 40.0 Å². The summed E-state index contributed by atoms with van der Waals surface area (Å²) in [7, 11) is 0. The van der Waals surface area contributed by atoms with Crippen LogP contribution in [-0.2, 0) is 11.3 Å². The molecule has 0 unspecified atom stereocenters. The Hall–Kier alpha value is -1.73. The van der Waals surface area contributed by atoms with E-state index in [0.717, 1.165) is 15.0 Å². The lowest BCUT2D eigenvalue weighted by molar-refractivity contribution is -0.137. The predicted octanol–water partition coefficient (Wildman–Crippen LogP) is 3.76. The van der Waals surface area contributed by atoms with Gasteiger partial charge in [-0.3, -0.25) is 9.59 Å². The molecule has 0 atom stereocenters. The highest BCUT2D eigenvalue weighted by molar-refractivity contribution is 9.10. The van der Waals surface area contributed by atoms with Crippen molar-refractivity contribution in [1.82, 2.24) is 9.88 Å². The fourth-order valence-electron chi connectivity index (χ4n) is 2.03. The minimum Gasteiger partial charge on any atom is -0.480 e. The largest absolute Gasteiger partial charge is 0.480 e. The van der Waals surface area contributed by atoms with Crippen LogP contribution in [-0.4, -0.2) is 33.4 Å². The highest BCUT2D eigenvalue weighted by Gasteiger charge is 2.21. The Balaban J connectivity index is 2.22. The molecule has 1 N–H and O–H groups in total. The minimum absolute atomic E-state index is 0.236. The molecule has 0 spiro atoms. The number of carboxylic acid groups (broad SMARTS) is 1. The molecule has 0 bridgehead atoms. The fourth-order valence-corrected chi connectivity index (χ4v) is 3.36. The molecular weight excluding hydrogens is 380 g/mol. The summed E-state index contributed by atoms with van der Waals surface area (Å²) in [5, 5.41) is 9.96. The molecule has 23 heavy (non-hydrogen) atoms. The molecule has 5 nitrogen and oxygen atoms in total. The lowest BCUT2D eigenvalue weighted by atomic mass is 10.2. The van der Waals surface area contributed by atoms with Crippen LogP contribution in [0.15, 0.2) is 34.9 Å². The maximum absolute atomic E-state index is 12.6. The lowest BCUT2D eigenvalue weighted by Gasteiger charge is -2.20. The van der Waals surface area contributed by atoms with Gasteiger partial charge < -0.3 is 10.0 Å². The highest BCUT2D eigenvalue weighted by atomic mass is 79.9. The van der Waals surface area contributed by atoms with E-state index in [2.05, 4.69) is 20.9 Å². The molecule has 0 saturated carbocycles. The van der Waals surface area contributed by atoms with Crippen LogP contribution < -0.4 is 0 Å². The monoisotopic (exact) mass is 396 g/mol. The predicted molar refractivity (Wildman–Crippen MR) is 92.7 cm³/mol. The van der Waals surface area contributed by atoms with Gasteiger partial charge in [0.25, 0.3) is 5.91 Å². The van der Waals surface area contributed by atoms with E-state index < -0.39 is 5.97 Å². The summed E-state index contributed by atoms with van der Waals surface area (Å²) in [6, 6.07) is 7.46. The molecular formula is C16H17BrN2O3S.